The lowest BCUT2D eigenvalue weighted by Crippen LogP contribution is -2.28. The van der Waals surface area contributed by atoms with E-state index < -0.39 is 0 Å². The lowest BCUT2D eigenvalue weighted by molar-refractivity contribution is 0.267. The molecule has 1 nitrogen and oxygen atoms in total. The molecule has 1 aromatic carbocycles. The van der Waals surface area contributed by atoms with Crippen LogP contribution in [0.5, 0.6) is 0 Å². The van der Waals surface area contributed by atoms with Crippen LogP contribution < -0.4 is 5.32 Å². The first-order valence-electron chi connectivity index (χ1n) is 6.79. The van der Waals surface area contributed by atoms with Gasteiger partial charge in [0.05, 0.1) is 0 Å². The second-order valence-electron chi connectivity index (χ2n) is 5.81. The molecule has 0 amide bonds. The summed E-state index contributed by atoms with van der Waals surface area (Å²) in [5.41, 5.74) is 3.02. The number of nitrogens with one attached hydrogen (secondary N) is 1. The topological polar surface area (TPSA) is 12.0 Å². The molecule has 2 fully saturated rings. The molecule has 1 heteroatoms. The van der Waals surface area contributed by atoms with Crippen LogP contribution in [-0.2, 0) is 0 Å². The SMILES string of the molecule is c1ccc2c(c1)NC1C2CC2CCCCC21. The van der Waals surface area contributed by atoms with Crippen LogP contribution in [0.4, 0.5) is 5.69 Å². The summed E-state index contributed by atoms with van der Waals surface area (Å²) in [5.74, 6) is 2.81. The van der Waals surface area contributed by atoms with Gasteiger partial charge in [-0.1, -0.05) is 37.5 Å². The van der Waals surface area contributed by atoms with Gasteiger partial charge in [-0.05, 0) is 36.3 Å². The number of hydrogen-bond acceptors (Lipinski definition) is 1. The average molecular weight is 213 g/mol. The van der Waals surface area contributed by atoms with Gasteiger partial charge in [-0.3, -0.25) is 0 Å². The van der Waals surface area contributed by atoms with Gasteiger partial charge in [0, 0.05) is 17.6 Å². The Bertz CT molecular complexity index is 412. The molecular formula is C15H19N. The first-order valence-corrected chi connectivity index (χ1v) is 6.79. The van der Waals surface area contributed by atoms with Gasteiger partial charge in [-0.25, -0.2) is 0 Å². The molecule has 1 aliphatic heterocycles. The minimum absolute atomic E-state index is 0.766. The molecule has 0 bridgehead atoms. The van der Waals surface area contributed by atoms with Crippen molar-refractivity contribution >= 4 is 5.69 Å². The first-order chi connectivity index (χ1) is 7.93. The Balaban J connectivity index is 1.71. The van der Waals surface area contributed by atoms with Crippen LogP contribution in [0.1, 0.15) is 43.6 Å². The van der Waals surface area contributed by atoms with Gasteiger partial charge in [-0.2, -0.15) is 0 Å². The van der Waals surface area contributed by atoms with Gasteiger partial charge in [0.2, 0.25) is 0 Å². The zero-order valence-electron chi connectivity index (χ0n) is 9.65. The van der Waals surface area contributed by atoms with Crippen molar-refractivity contribution in [2.45, 2.75) is 44.1 Å². The maximum atomic E-state index is 3.80. The van der Waals surface area contributed by atoms with Crippen LogP contribution >= 0.6 is 0 Å². The molecule has 0 spiro atoms. The fraction of sp³-hybridized carbons (Fsp3) is 0.600. The molecule has 0 radical (unpaired) electrons. The predicted molar refractivity (Wildman–Crippen MR) is 66.7 cm³/mol. The summed E-state index contributed by atoms with van der Waals surface area (Å²) >= 11 is 0. The largest absolute Gasteiger partial charge is 0.381 e. The summed E-state index contributed by atoms with van der Waals surface area (Å²) in [7, 11) is 0. The van der Waals surface area contributed by atoms with Crippen molar-refractivity contribution in [3.05, 3.63) is 29.8 Å². The standard InChI is InChI=1S/C15H19N/c1-2-6-11-10(5-1)9-13-12-7-3-4-8-14(12)16-15(11)13/h3-4,7-8,10-11,13,15-16H,1-2,5-6,9H2. The van der Waals surface area contributed by atoms with E-state index in [1.807, 2.05) is 0 Å². The van der Waals surface area contributed by atoms with Crippen LogP contribution in [0.3, 0.4) is 0 Å². The third kappa shape index (κ3) is 1.12. The van der Waals surface area contributed by atoms with Gasteiger partial charge >= 0.3 is 0 Å². The monoisotopic (exact) mass is 213 g/mol. The maximum Gasteiger partial charge on any atom is 0.0378 e. The van der Waals surface area contributed by atoms with Gasteiger partial charge < -0.3 is 5.32 Å². The van der Waals surface area contributed by atoms with Crippen molar-refractivity contribution in [2.24, 2.45) is 11.8 Å². The van der Waals surface area contributed by atoms with E-state index in [1.165, 1.54) is 37.8 Å². The Kier molecular flexibility index (Phi) is 1.85. The normalized spacial score (nSPS) is 39.8. The molecule has 2 aliphatic carbocycles. The number of rotatable bonds is 0. The van der Waals surface area contributed by atoms with Crippen LogP contribution in [0.15, 0.2) is 24.3 Å². The zero-order valence-corrected chi connectivity index (χ0v) is 9.65. The maximum absolute atomic E-state index is 3.80. The number of anilines is 1. The van der Waals surface area contributed by atoms with Crippen LogP contribution in [0, 0.1) is 11.8 Å². The molecule has 3 aliphatic rings. The van der Waals surface area contributed by atoms with Crippen LogP contribution in [0.25, 0.3) is 0 Å². The summed E-state index contributed by atoms with van der Waals surface area (Å²) in [6, 6.07) is 9.72. The van der Waals surface area contributed by atoms with E-state index in [9.17, 15) is 0 Å². The predicted octanol–water partition coefficient (Wildman–Crippen LogP) is 3.77. The highest BCUT2D eigenvalue weighted by Gasteiger charge is 2.47. The summed E-state index contributed by atoms with van der Waals surface area (Å²) in [6.45, 7) is 0. The van der Waals surface area contributed by atoms with E-state index >= 15 is 0 Å². The van der Waals surface area contributed by atoms with E-state index in [2.05, 4.69) is 29.6 Å². The number of para-hydroxylation sites is 1. The Morgan fingerprint density at radius 3 is 2.94 bits per heavy atom. The number of fused-ring (bicyclic) bond motifs is 5. The van der Waals surface area contributed by atoms with Gasteiger partial charge in [0.25, 0.3) is 0 Å². The fourth-order valence-electron chi connectivity index (χ4n) is 4.43. The molecule has 4 unspecified atom stereocenters. The first kappa shape index (κ1) is 9.09. The molecule has 0 aromatic heterocycles. The number of benzene rings is 1. The molecule has 1 N–H and O–H groups in total. The van der Waals surface area contributed by atoms with Gasteiger partial charge in [-0.15, -0.1) is 0 Å². The summed E-state index contributed by atoms with van der Waals surface area (Å²) < 4.78 is 0. The van der Waals surface area contributed by atoms with Crippen molar-refractivity contribution < 1.29 is 0 Å². The van der Waals surface area contributed by atoms with Crippen molar-refractivity contribution in [1.82, 2.24) is 0 Å². The van der Waals surface area contributed by atoms with Crippen molar-refractivity contribution in [2.75, 3.05) is 5.32 Å². The molecule has 0 saturated heterocycles. The highest BCUT2D eigenvalue weighted by atomic mass is 15.0. The Morgan fingerprint density at radius 2 is 1.94 bits per heavy atom. The van der Waals surface area contributed by atoms with E-state index in [1.54, 1.807) is 5.56 Å². The lowest BCUT2D eigenvalue weighted by Gasteiger charge is -2.29. The van der Waals surface area contributed by atoms with E-state index in [-0.39, 0.29) is 0 Å². The highest BCUT2D eigenvalue weighted by Crippen LogP contribution is 2.54. The zero-order chi connectivity index (χ0) is 10.5. The summed E-state index contributed by atoms with van der Waals surface area (Å²) in [6.07, 6.45) is 7.33. The quantitative estimate of drug-likeness (QED) is 0.691. The minimum atomic E-state index is 0.766. The molecular weight excluding hydrogens is 194 g/mol. The average Bonchev–Trinajstić information content (AvgIpc) is 2.85. The van der Waals surface area contributed by atoms with Gasteiger partial charge in [0.1, 0.15) is 0 Å². The second-order valence-corrected chi connectivity index (χ2v) is 5.81. The second kappa shape index (κ2) is 3.26. The number of hydrogen-bond donors (Lipinski definition) is 1. The molecule has 84 valence electrons. The molecule has 1 aromatic rings. The highest BCUT2D eigenvalue weighted by molar-refractivity contribution is 5.60. The molecule has 2 saturated carbocycles. The Hall–Kier alpha value is -0.980. The Morgan fingerprint density at radius 1 is 1.06 bits per heavy atom. The fourth-order valence-corrected chi connectivity index (χ4v) is 4.43. The van der Waals surface area contributed by atoms with E-state index in [0.29, 0.717) is 0 Å². The third-order valence-electron chi connectivity index (χ3n) is 5.10. The van der Waals surface area contributed by atoms with E-state index in [4.69, 9.17) is 0 Å². The molecule has 4 atom stereocenters. The molecule has 4 rings (SSSR count). The Labute approximate surface area is 97.2 Å². The lowest BCUT2D eigenvalue weighted by atomic mass is 9.80. The van der Waals surface area contributed by atoms with Crippen LogP contribution in [0.2, 0.25) is 0 Å². The molecule has 16 heavy (non-hydrogen) atoms. The smallest absolute Gasteiger partial charge is 0.0378 e. The molecule has 1 heterocycles. The van der Waals surface area contributed by atoms with Crippen molar-refractivity contribution in [3.63, 3.8) is 0 Å². The summed E-state index contributed by atoms with van der Waals surface area (Å²) in [4.78, 5) is 0. The van der Waals surface area contributed by atoms with Crippen molar-refractivity contribution in [3.8, 4) is 0 Å². The summed E-state index contributed by atoms with van der Waals surface area (Å²) in [5, 5.41) is 3.80. The minimum Gasteiger partial charge on any atom is -0.381 e. The van der Waals surface area contributed by atoms with Crippen LogP contribution in [-0.4, -0.2) is 6.04 Å². The van der Waals surface area contributed by atoms with E-state index in [0.717, 1.165) is 23.8 Å². The third-order valence-corrected chi connectivity index (χ3v) is 5.10. The van der Waals surface area contributed by atoms with Crippen molar-refractivity contribution in [1.29, 1.82) is 0 Å². The van der Waals surface area contributed by atoms with Gasteiger partial charge in [0.15, 0.2) is 0 Å².